The number of carbonyl (C=O) groups is 1. The zero-order valence-electron chi connectivity index (χ0n) is 16.6. The van der Waals surface area contributed by atoms with E-state index >= 15 is 0 Å². The first-order valence-electron chi connectivity index (χ1n) is 9.67. The van der Waals surface area contributed by atoms with Gasteiger partial charge >= 0.3 is 0 Å². The van der Waals surface area contributed by atoms with E-state index in [4.69, 9.17) is 16.3 Å². The molecule has 2 aromatic carbocycles. The fourth-order valence-corrected chi connectivity index (χ4v) is 4.59. The van der Waals surface area contributed by atoms with Crippen LogP contribution in [0.25, 0.3) is 0 Å². The summed E-state index contributed by atoms with van der Waals surface area (Å²) < 4.78 is 7.16. The van der Waals surface area contributed by atoms with Gasteiger partial charge in [0, 0.05) is 6.42 Å². The highest BCUT2D eigenvalue weighted by Crippen LogP contribution is 2.38. The van der Waals surface area contributed by atoms with Crippen molar-refractivity contribution in [1.29, 1.82) is 0 Å². The van der Waals surface area contributed by atoms with E-state index in [2.05, 4.69) is 27.9 Å². The molecule has 7 nitrogen and oxygen atoms in total. The second-order valence-corrected chi connectivity index (χ2v) is 8.39. The summed E-state index contributed by atoms with van der Waals surface area (Å²) in [6.45, 7) is 2.10. The number of methoxy groups -OCH3 is 1. The minimum absolute atomic E-state index is 0.160. The van der Waals surface area contributed by atoms with Gasteiger partial charge < -0.3 is 15.5 Å². The monoisotopic (exact) mass is 443 g/mol. The fraction of sp³-hybridized carbons (Fsp3) is 0.286. The smallest absolute Gasteiger partial charge is 0.240 e. The number of anilines is 1. The molecule has 0 saturated heterocycles. The van der Waals surface area contributed by atoms with Crippen molar-refractivity contribution < 1.29 is 9.53 Å². The van der Waals surface area contributed by atoms with Crippen LogP contribution in [0.5, 0.6) is 5.75 Å². The van der Waals surface area contributed by atoms with Crippen LogP contribution in [0.15, 0.2) is 53.7 Å². The number of fused-ring (bicyclic) bond motifs is 1. The van der Waals surface area contributed by atoms with E-state index in [-0.39, 0.29) is 11.9 Å². The number of para-hydroxylation sites is 1. The highest BCUT2D eigenvalue weighted by atomic mass is 35.5. The van der Waals surface area contributed by atoms with Crippen molar-refractivity contribution in [2.24, 2.45) is 0 Å². The van der Waals surface area contributed by atoms with Gasteiger partial charge in [-0.15, -0.1) is 10.2 Å². The number of nitrogens with zero attached hydrogens (tertiary/aromatic N) is 3. The number of hydrogen-bond donors (Lipinski definition) is 2. The molecule has 1 aliphatic rings. The maximum absolute atomic E-state index is 13.3. The van der Waals surface area contributed by atoms with Gasteiger partial charge in [0.25, 0.3) is 0 Å². The molecular weight excluding hydrogens is 422 g/mol. The number of hydrogen-bond acceptors (Lipinski definition) is 6. The Morgan fingerprint density at radius 3 is 2.70 bits per heavy atom. The van der Waals surface area contributed by atoms with E-state index < -0.39 is 5.25 Å². The lowest BCUT2D eigenvalue weighted by molar-refractivity contribution is -0.116. The number of nitrogens with one attached hydrogen (secondary N) is 2. The first-order valence-corrected chi connectivity index (χ1v) is 10.9. The summed E-state index contributed by atoms with van der Waals surface area (Å²) >= 11 is 7.63. The number of amides is 1. The van der Waals surface area contributed by atoms with Crippen LogP contribution in [0.2, 0.25) is 5.02 Å². The Bertz CT molecular complexity index is 1040. The molecule has 3 aromatic rings. The molecule has 1 aromatic heterocycles. The largest absolute Gasteiger partial charge is 0.497 e. The van der Waals surface area contributed by atoms with Gasteiger partial charge in [0.1, 0.15) is 11.0 Å². The van der Waals surface area contributed by atoms with Gasteiger partial charge in [-0.25, -0.2) is 4.68 Å². The number of rotatable bonds is 6. The molecule has 0 aliphatic carbocycles. The summed E-state index contributed by atoms with van der Waals surface area (Å²) in [6, 6.07) is 14.6. The van der Waals surface area contributed by atoms with Crippen molar-refractivity contribution >= 4 is 35.0 Å². The molecule has 0 radical (unpaired) electrons. The fourth-order valence-electron chi connectivity index (χ4n) is 3.31. The molecular formula is C21H22ClN5O2S. The highest BCUT2D eigenvalue weighted by molar-refractivity contribution is 8.00. The van der Waals surface area contributed by atoms with E-state index in [0.29, 0.717) is 15.9 Å². The number of halogens is 1. The molecule has 0 saturated carbocycles. The summed E-state index contributed by atoms with van der Waals surface area (Å²) in [7, 11) is 1.63. The van der Waals surface area contributed by atoms with E-state index in [1.807, 2.05) is 41.1 Å². The van der Waals surface area contributed by atoms with Crippen molar-refractivity contribution in [1.82, 2.24) is 14.9 Å². The molecule has 2 heterocycles. The molecule has 156 valence electrons. The molecule has 2 N–H and O–H groups in total. The number of thioether (sulfide) groups is 1. The average molecular weight is 444 g/mol. The van der Waals surface area contributed by atoms with Crippen molar-refractivity contribution in [2.75, 3.05) is 17.9 Å². The Balaban J connectivity index is 1.67. The predicted octanol–water partition coefficient (Wildman–Crippen LogP) is 4.29. The lowest BCUT2D eigenvalue weighted by Crippen LogP contribution is -2.41. The first kappa shape index (κ1) is 20.6. The Kier molecular flexibility index (Phi) is 6.15. The van der Waals surface area contributed by atoms with Gasteiger partial charge in [0.15, 0.2) is 5.82 Å². The van der Waals surface area contributed by atoms with Crippen molar-refractivity contribution in [3.8, 4) is 5.75 Å². The van der Waals surface area contributed by atoms with Gasteiger partial charge in [-0.1, -0.05) is 54.6 Å². The Labute approximate surface area is 184 Å². The third-order valence-electron chi connectivity index (χ3n) is 4.84. The maximum Gasteiger partial charge on any atom is 0.240 e. The van der Waals surface area contributed by atoms with Gasteiger partial charge in [0.2, 0.25) is 11.1 Å². The number of benzene rings is 2. The molecule has 0 bridgehead atoms. The number of carbonyl (C=O) groups excluding carboxylic acids is 1. The zero-order chi connectivity index (χ0) is 21.1. The summed E-state index contributed by atoms with van der Waals surface area (Å²) in [5.41, 5.74) is 4.99. The van der Waals surface area contributed by atoms with Gasteiger partial charge in [-0.05, 0) is 36.2 Å². The molecule has 0 unspecified atom stereocenters. The number of aryl methyl sites for hydroxylation is 1. The number of ether oxygens (including phenoxy) is 1. The van der Waals surface area contributed by atoms with Crippen LogP contribution in [0, 0.1) is 0 Å². The van der Waals surface area contributed by atoms with Crippen LogP contribution in [-0.2, 0) is 11.2 Å². The Hall–Kier alpha value is -2.71. The summed E-state index contributed by atoms with van der Waals surface area (Å²) in [6.07, 6.45) is 1.75. The SMILES string of the molecule is CCCc1nnc2n1N[C@H](c1ccc(OC)cc1)[C@@H](C(=O)Nc1ccccc1Cl)S2. The average Bonchev–Trinajstić information content (AvgIpc) is 3.16. The molecule has 1 aliphatic heterocycles. The van der Waals surface area contributed by atoms with Crippen LogP contribution in [-0.4, -0.2) is 33.1 Å². The lowest BCUT2D eigenvalue weighted by Gasteiger charge is -2.33. The number of aromatic nitrogens is 3. The molecule has 1 amide bonds. The van der Waals surface area contributed by atoms with Crippen LogP contribution in [0.3, 0.4) is 0 Å². The van der Waals surface area contributed by atoms with E-state index in [1.54, 1.807) is 19.2 Å². The van der Waals surface area contributed by atoms with Gasteiger partial charge in [-0.2, -0.15) is 0 Å². The van der Waals surface area contributed by atoms with Crippen molar-refractivity contribution in [3.05, 3.63) is 64.9 Å². The first-order chi connectivity index (χ1) is 14.6. The normalized spacial score (nSPS) is 17.7. The lowest BCUT2D eigenvalue weighted by atomic mass is 10.0. The predicted molar refractivity (Wildman–Crippen MR) is 119 cm³/mol. The zero-order valence-corrected chi connectivity index (χ0v) is 18.2. The quantitative estimate of drug-likeness (QED) is 0.591. The Morgan fingerprint density at radius 2 is 2.00 bits per heavy atom. The Morgan fingerprint density at radius 1 is 1.23 bits per heavy atom. The standard InChI is InChI=1S/C21H22ClN5O2S/c1-3-6-17-24-25-21-27(17)26-18(13-9-11-14(29-2)12-10-13)19(30-21)20(28)23-16-8-5-4-7-15(16)22/h4-5,7-12,18-19,26H,3,6H2,1-2H3,(H,23,28)/t18-,19+/m1/s1. The van der Waals surface area contributed by atoms with Crippen LogP contribution in [0.4, 0.5) is 5.69 Å². The van der Waals surface area contributed by atoms with Gasteiger partial charge in [0.05, 0.1) is 23.9 Å². The molecule has 30 heavy (non-hydrogen) atoms. The van der Waals surface area contributed by atoms with E-state index in [0.717, 1.165) is 30.0 Å². The third-order valence-corrected chi connectivity index (χ3v) is 6.39. The molecule has 0 fully saturated rings. The molecule has 2 atom stereocenters. The summed E-state index contributed by atoms with van der Waals surface area (Å²) in [4.78, 5) is 13.3. The van der Waals surface area contributed by atoms with E-state index in [9.17, 15) is 4.79 Å². The second-order valence-electron chi connectivity index (χ2n) is 6.87. The van der Waals surface area contributed by atoms with Crippen LogP contribution < -0.4 is 15.5 Å². The second kappa shape index (κ2) is 8.97. The van der Waals surface area contributed by atoms with Crippen molar-refractivity contribution in [3.63, 3.8) is 0 Å². The van der Waals surface area contributed by atoms with Gasteiger partial charge in [-0.3, -0.25) is 4.79 Å². The molecule has 4 rings (SSSR count). The van der Waals surface area contributed by atoms with Crippen LogP contribution in [0.1, 0.15) is 30.8 Å². The molecule has 0 spiro atoms. The molecule has 9 heteroatoms. The third kappa shape index (κ3) is 4.11. The minimum Gasteiger partial charge on any atom is -0.497 e. The summed E-state index contributed by atoms with van der Waals surface area (Å²) in [5, 5.41) is 12.2. The minimum atomic E-state index is -0.471. The maximum atomic E-state index is 13.3. The highest BCUT2D eigenvalue weighted by Gasteiger charge is 2.38. The summed E-state index contributed by atoms with van der Waals surface area (Å²) in [5.74, 6) is 1.45. The van der Waals surface area contributed by atoms with Crippen molar-refractivity contribution in [2.45, 2.75) is 36.2 Å². The van der Waals surface area contributed by atoms with Crippen LogP contribution >= 0.6 is 23.4 Å². The topological polar surface area (TPSA) is 81.1 Å². The van der Waals surface area contributed by atoms with E-state index in [1.165, 1.54) is 11.8 Å².